The zero-order chi connectivity index (χ0) is 22.2. The second kappa shape index (κ2) is 8.17. The number of carbonyl (C=O) groups excluding carboxylic acids is 1. The smallest absolute Gasteiger partial charge is 0.256 e. The molecule has 0 bridgehead atoms. The lowest BCUT2D eigenvalue weighted by molar-refractivity contribution is 0.0918. The molecule has 0 radical (unpaired) electrons. The highest BCUT2D eigenvalue weighted by atomic mass is 16.5. The Morgan fingerprint density at radius 3 is 2.68 bits per heavy atom. The number of pyridine rings is 1. The van der Waals surface area contributed by atoms with Crippen molar-refractivity contribution in [3.05, 3.63) is 35.7 Å². The number of carbonyl (C=O) groups is 1. The van der Waals surface area contributed by atoms with E-state index < -0.39 is 5.30 Å². The molecule has 3 aromatic heterocycles. The van der Waals surface area contributed by atoms with Gasteiger partial charge in [0.1, 0.15) is 46.4 Å². The van der Waals surface area contributed by atoms with Crippen LogP contribution >= 0.6 is 0 Å². The fourth-order valence-corrected chi connectivity index (χ4v) is 3.34. The summed E-state index contributed by atoms with van der Waals surface area (Å²) in [5.74, 6) is 1.60. The minimum Gasteiger partial charge on any atom is -0.497 e. The van der Waals surface area contributed by atoms with Gasteiger partial charge in [-0.25, -0.2) is 9.97 Å². The first-order valence-electron chi connectivity index (χ1n) is 10.5. The van der Waals surface area contributed by atoms with E-state index in [0.29, 0.717) is 34.4 Å². The van der Waals surface area contributed by atoms with Gasteiger partial charge in [0.05, 0.1) is 6.20 Å². The SMILES string of the molecule is BC(B)(B)Oc1ncc(C)cc1Nc1cc(NC)n2ncc(C(=O)NC3CCC3)c2n1. The topological polar surface area (TPSA) is 105 Å². The Labute approximate surface area is 184 Å². The van der Waals surface area contributed by atoms with Crippen LogP contribution in [0.4, 0.5) is 17.3 Å². The number of ether oxygens (including phenoxy) is 1. The van der Waals surface area contributed by atoms with Crippen LogP contribution in [0.5, 0.6) is 5.88 Å². The molecular formula is C19H26B3N7O2. The number of fused-ring (bicyclic) bond motifs is 1. The lowest BCUT2D eigenvalue weighted by Crippen LogP contribution is -2.39. The van der Waals surface area contributed by atoms with Gasteiger partial charge in [0.25, 0.3) is 5.91 Å². The molecule has 1 aliphatic carbocycles. The van der Waals surface area contributed by atoms with E-state index in [2.05, 4.69) is 31.0 Å². The first-order valence-corrected chi connectivity index (χ1v) is 10.5. The number of rotatable bonds is 7. The number of hydrogen-bond donors (Lipinski definition) is 3. The molecule has 31 heavy (non-hydrogen) atoms. The number of aryl methyl sites for hydroxylation is 1. The van der Waals surface area contributed by atoms with Crippen LogP contribution in [-0.4, -0.2) is 67.4 Å². The van der Waals surface area contributed by atoms with E-state index in [4.69, 9.17) is 4.74 Å². The van der Waals surface area contributed by atoms with Gasteiger partial charge in [0.2, 0.25) is 5.88 Å². The van der Waals surface area contributed by atoms with Crippen molar-refractivity contribution in [2.24, 2.45) is 0 Å². The standard InChI is InChI=1S/C19H26B3N7O2/c1-10-6-13(18(24-8-10)31-19(20,21)22)27-14-7-15(23-2)29-16(28-14)12(9-25-29)17(30)26-11-4-3-5-11/h6-9,11,23H,3-5,20-22H2,1-2H3,(H,26,30)(H,27,28). The van der Waals surface area contributed by atoms with Gasteiger partial charge in [0, 0.05) is 30.7 Å². The van der Waals surface area contributed by atoms with E-state index in [0.717, 1.165) is 24.8 Å². The summed E-state index contributed by atoms with van der Waals surface area (Å²) in [4.78, 5) is 21.9. The normalized spacial score (nSPS) is 14.1. The number of amides is 1. The number of anilines is 3. The predicted molar refractivity (Wildman–Crippen MR) is 129 cm³/mol. The van der Waals surface area contributed by atoms with Gasteiger partial charge < -0.3 is 20.7 Å². The number of hydrogen-bond acceptors (Lipinski definition) is 7. The molecule has 0 saturated heterocycles. The van der Waals surface area contributed by atoms with Crippen molar-refractivity contribution in [3.63, 3.8) is 0 Å². The average molecular weight is 417 g/mol. The molecule has 1 fully saturated rings. The van der Waals surface area contributed by atoms with Crippen LogP contribution in [0.1, 0.15) is 35.2 Å². The van der Waals surface area contributed by atoms with E-state index in [9.17, 15) is 4.79 Å². The minimum absolute atomic E-state index is 0.152. The summed E-state index contributed by atoms with van der Waals surface area (Å²) in [5.41, 5.74) is 2.61. The number of nitrogens with zero attached hydrogens (tertiary/aromatic N) is 4. The highest BCUT2D eigenvalue weighted by Gasteiger charge is 2.24. The third-order valence-electron chi connectivity index (χ3n) is 5.07. The zero-order valence-corrected chi connectivity index (χ0v) is 18.6. The van der Waals surface area contributed by atoms with Gasteiger partial charge in [-0.05, 0) is 37.8 Å². The van der Waals surface area contributed by atoms with Crippen LogP contribution in [0, 0.1) is 6.92 Å². The first kappa shape index (κ1) is 21.1. The summed E-state index contributed by atoms with van der Waals surface area (Å²) in [5, 5.41) is 13.4. The van der Waals surface area contributed by atoms with Crippen molar-refractivity contribution >= 4 is 52.4 Å². The summed E-state index contributed by atoms with van der Waals surface area (Å²) in [6.07, 6.45) is 6.51. The lowest BCUT2D eigenvalue weighted by Gasteiger charge is -2.26. The van der Waals surface area contributed by atoms with E-state index in [-0.39, 0.29) is 11.9 Å². The molecule has 3 N–H and O–H groups in total. The van der Waals surface area contributed by atoms with Crippen LogP contribution in [-0.2, 0) is 0 Å². The van der Waals surface area contributed by atoms with Crippen molar-refractivity contribution in [1.29, 1.82) is 0 Å². The van der Waals surface area contributed by atoms with Gasteiger partial charge in [-0.2, -0.15) is 9.61 Å². The molecule has 0 atom stereocenters. The Morgan fingerprint density at radius 2 is 2.03 bits per heavy atom. The third kappa shape index (κ3) is 4.62. The summed E-state index contributed by atoms with van der Waals surface area (Å²) < 4.78 is 7.64. The van der Waals surface area contributed by atoms with E-state index in [1.165, 1.54) is 0 Å². The molecule has 1 saturated carbocycles. The molecule has 0 aromatic carbocycles. The van der Waals surface area contributed by atoms with E-state index >= 15 is 0 Å². The maximum atomic E-state index is 12.8. The van der Waals surface area contributed by atoms with Crippen molar-refractivity contribution in [3.8, 4) is 5.88 Å². The molecule has 9 nitrogen and oxygen atoms in total. The van der Waals surface area contributed by atoms with Gasteiger partial charge in [0.15, 0.2) is 5.65 Å². The van der Waals surface area contributed by atoms with Crippen LogP contribution in [0.3, 0.4) is 0 Å². The zero-order valence-electron chi connectivity index (χ0n) is 18.6. The molecular weight excluding hydrogens is 391 g/mol. The highest BCUT2D eigenvalue weighted by molar-refractivity contribution is 6.58. The molecule has 3 aromatic rings. The number of aromatic nitrogens is 4. The third-order valence-corrected chi connectivity index (χ3v) is 5.07. The summed E-state index contributed by atoms with van der Waals surface area (Å²) in [6, 6.07) is 4.03. The Balaban J connectivity index is 1.70. The second-order valence-electron chi connectivity index (χ2n) is 8.88. The fourth-order valence-electron chi connectivity index (χ4n) is 3.34. The van der Waals surface area contributed by atoms with Crippen LogP contribution in [0.25, 0.3) is 5.65 Å². The van der Waals surface area contributed by atoms with E-state index in [1.807, 2.05) is 42.6 Å². The Kier molecular flexibility index (Phi) is 5.55. The van der Waals surface area contributed by atoms with Gasteiger partial charge >= 0.3 is 0 Å². The average Bonchev–Trinajstić information content (AvgIpc) is 3.09. The molecule has 1 aliphatic rings. The second-order valence-corrected chi connectivity index (χ2v) is 8.88. The lowest BCUT2D eigenvalue weighted by atomic mass is 9.52. The van der Waals surface area contributed by atoms with Crippen LogP contribution in [0.15, 0.2) is 24.5 Å². The summed E-state index contributed by atoms with van der Waals surface area (Å²) in [6.45, 7) is 1.97. The maximum absolute atomic E-state index is 12.8. The Bertz CT molecular complexity index is 1130. The van der Waals surface area contributed by atoms with Crippen LogP contribution in [0.2, 0.25) is 0 Å². The molecule has 0 spiro atoms. The van der Waals surface area contributed by atoms with Crippen molar-refractivity contribution < 1.29 is 9.53 Å². The molecule has 3 heterocycles. The maximum Gasteiger partial charge on any atom is 0.256 e. The molecule has 12 heteroatoms. The fraction of sp³-hybridized carbons (Fsp3) is 0.368. The van der Waals surface area contributed by atoms with Crippen molar-refractivity contribution in [2.75, 3.05) is 17.7 Å². The van der Waals surface area contributed by atoms with E-state index in [1.54, 1.807) is 24.0 Å². The van der Waals surface area contributed by atoms with Crippen molar-refractivity contribution in [1.82, 2.24) is 24.9 Å². The van der Waals surface area contributed by atoms with Gasteiger partial charge in [-0.1, -0.05) is 0 Å². The molecule has 4 rings (SSSR count). The molecule has 158 valence electrons. The quantitative estimate of drug-likeness (QED) is 0.441. The predicted octanol–water partition coefficient (Wildman–Crippen LogP) is -0.610. The molecule has 0 unspecified atom stereocenters. The first-order chi connectivity index (χ1) is 14.7. The summed E-state index contributed by atoms with van der Waals surface area (Å²) in [7, 11) is 7.72. The van der Waals surface area contributed by atoms with Crippen molar-refractivity contribution in [2.45, 2.75) is 37.5 Å². The number of nitrogens with one attached hydrogen (secondary N) is 3. The minimum atomic E-state index is -0.398. The van der Waals surface area contributed by atoms with Crippen LogP contribution < -0.4 is 20.7 Å². The summed E-state index contributed by atoms with van der Waals surface area (Å²) >= 11 is 0. The van der Waals surface area contributed by atoms with Gasteiger partial charge in [-0.15, -0.1) is 0 Å². The molecule has 0 aliphatic heterocycles. The Morgan fingerprint density at radius 1 is 1.26 bits per heavy atom. The van der Waals surface area contributed by atoms with Gasteiger partial charge in [-0.3, -0.25) is 4.79 Å². The Hall–Kier alpha value is -3.17. The highest BCUT2D eigenvalue weighted by Crippen LogP contribution is 2.29. The molecule has 1 amide bonds. The monoisotopic (exact) mass is 417 g/mol. The largest absolute Gasteiger partial charge is 0.497 e.